The minimum absolute atomic E-state index is 0.0737. The van der Waals surface area contributed by atoms with Gasteiger partial charge in [-0.1, -0.05) is 30.4 Å². The van der Waals surface area contributed by atoms with E-state index in [-0.39, 0.29) is 17.9 Å². The molecule has 1 aromatic rings. The van der Waals surface area contributed by atoms with Crippen LogP contribution < -0.4 is 0 Å². The molecule has 1 atom stereocenters. The zero-order valence-electron chi connectivity index (χ0n) is 15.1. The summed E-state index contributed by atoms with van der Waals surface area (Å²) in [6.07, 6.45) is 5.90. The zero-order chi connectivity index (χ0) is 18.5. The van der Waals surface area contributed by atoms with Crippen molar-refractivity contribution in [2.24, 2.45) is 0 Å². The van der Waals surface area contributed by atoms with Crippen molar-refractivity contribution in [2.75, 3.05) is 12.3 Å². The highest BCUT2D eigenvalue weighted by molar-refractivity contribution is 7.91. The van der Waals surface area contributed by atoms with E-state index in [0.29, 0.717) is 11.4 Å². The van der Waals surface area contributed by atoms with Gasteiger partial charge in [0.25, 0.3) is 0 Å². The maximum absolute atomic E-state index is 12.4. The first-order valence-electron chi connectivity index (χ1n) is 8.63. The van der Waals surface area contributed by atoms with Gasteiger partial charge in [-0.15, -0.1) is 0 Å². The molecule has 0 aromatic heterocycles. The molecule has 1 fully saturated rings. The topological polar surface area (TPSA) is 63.7 Å². The van der Waals surface area contributed by atoms with E-state index in [1.165, 1.54) is 0 Å². The Bertz CT molecular complexity index is 705. The fourth-order valence-electron chi connectivity index (χ4n) is 2.77. The Morgan fingerprint density at radius 3 is 2.56 bits per heavy atom. The first-order chi connectivity index (χ1) is 11.7. The summed E-state index contributed by atoms with van der Waals surface area (Å²) in [4.78, 5) is 14.4. The number of nitrogens with zero attached hydrogens (tertiary/aromatic N) is 1. The number of sulfone groups is 1. The fourth-order valence-corrected chi connectivity index (χ4v) is 3.90. The van der Waals surface area contributed by atoms with Crippen molar-refractivity contribution in [3.8, 4) is 0 Å². The van der Waals surface area contributed by atoms with E-state index in [4.69, 9.17) is 4.74 Å². The van der Waals surface area contributed by atoms with Gasteiger partial charge >= 0.3 is 6.09 Å². The maximum Gasteiger partial charge on any atom is 0.410 e. The van der Waals surface area contributed by atoms with Crippen LogP contribution in [0.25, 0.3) is 0 Å². The van der Waals surface area contributed by atoms with Crippen molar-refractivity contribution < 1.29 is 17.9 Å². The SMILES string of the molecule is CC(C)(C)OC(=O)N1CCCC[C@H]1/C=C/CS(=O)(=O)c1ccccc1. The van der Waals surface area contributed by atoms with Crippen LogP contribution in [-0.2, 0) is 14.6 Å². The van der Waals surface area contributed by atoms with Gasteiger partial charge in [0.05, 0.1) is 16.7 Å². The highest BCUT2D eigenvalue weighted by Gasteiger charge is 2.29. The summed E-state index contributed by atoms with van der Waals surface area (Å²) in [5.74, 6) is -0.0737. The molecule has 1 amide bonds. The van der Waals surface area contributed by atoms with Gasteiger partial charge in [0, 0.05) is 6.54 Å². The monoisotopic (exact) mass is 365 g/mol. The summed E-state index contributed by atoms with van der Waals surface area (Å²) < 4.78 is 30.1. The first kappa shape index (κ1) is 19.5. The van der Waals surface area contributed by atoms with Crippen LogP contribution in [0.2, 0.25) is 0 Å². The normalized spacial score (nSPS) is 19.2. The fraction of sp³-hybridized carbons (Fsp3) is 0.526. The number of rotatable bonds is 4. The van der Waals surface area contributed by atoms with Crippen LogP contribution in [0.5, 0.6) is 0 Å². The second-order valence-electron chi connectivity index (χ2n) is 7.26. The third kappa shape index (κ3) is 5.88. The van der Waals surface area contributed by atoms with Crippen LogP contribution in [0.3, 0.4) is 0 Å². The first-order valence-corrected chi connectivity index (χ1v) is 10.3. The average Bonchev–Trinajstić information content (AvgIpc) is 2.54. The molecule has 0 spiro atoms. The molecule has 0 radical (unpaired) electrons. The van der Waals surface area contributed by atoms with Gasteiger partial charge in [0.1, 0.15) is 5.60 Å². The highest BCUT2D eigenvalue weighted by Crippen LogP contribution is 2.21. The second-order valence-corrected chi connectivity index (χ2v) is 9.29. The van der Waals surface area contributed by atoms with Crippen molar-refractivity contribution in [1.29, 1.82) is 0 Å². The van der Waals surface area contributed by atoms with E-state index >= 15 is 0 Å². The van der Waals surface area contributed by atoms with Crippen LogP contribution in [0, 0.1) is 0 Å². The summed E-state index contributed by atoms with van der Waals surface area (Å²) in [5, 5.41) is 0. The molecule has 1 heterocycles. The lowest BCUT2D eigenvalue weighted by atomic mass is 10.0. The summed E-state index contributed by atoms with van der Waals surface area (Å²) in [6, 6.07) is 8.28. The molecule has 1 aliphatic rings. The Labute approximate surface area is 150 Å². The van der Waals surface area contributed by atoms with E-state index in [0.717, 1.165) is 19.3 Å². The third-order valence-corrected chi connectivity index (χ3v) is 5.58. The minimum Gasteiger partial charge on any atom is -0.444 e. The lowest BCUT2D eigenvalue weighted by Crippen LogP contribution is -2.45. The van der Waals surface area contributed by atoms with Gasteiger partial charge in [-0.3, -0.25) is 0 Å². The standard InChI is InChI=1S/C19H27NO4S/c1-19(2,3)24-18(21)20-14-8-7-10-16(20)11-9-15-25(22,23)17-12-5-4-6-13-17/h4-6,9,11-13,16H,7-8,10,14-15H2,1-3H3/b11-9+/t16-/m0/s1. The Morgan fingerprint density at radius 1 is 1.24 bits per heavy atom. The molecule has 138 valence electrons. The number of amides is 1. The van der Waals surface area contributed by atoms with Gasteiger partial charge in [0.2, 0.25) is 0 Å². The van der Waals surface area contributed by atoms with Gasteiger partial charge in [0.15, 0.2) is 9.84 Å². The number of hydrogen-bond acceptors (Lipinski definition) is 4. The van der Waals surface area contributed by atoms with Crippen LogP contribution in [0.1, 0.15) is 40.0 Å². The van der Waals surface area contributed by atoms with E-state index in [1.54, 1.807) is 41.3 Å². The van der Waals surface area contributed by atoms with Crippen LogP contribution in [-0.4, -0.2) is 43.4 Å². The Morgan fingerprint density at radius 2 is 1.92 bits per heavy atom. The highest BCUT2D eigenvalue weighted by atomic mass is 32.2. The molecule has 0 aliphatic carbocycles. The Kier molecular flexibility index (Phi) is 6.27. The molecule has 0 bridgehead atoms. The quantitative estimate of drug-likeness (QED) is 0.761. The number of piperidine rings is 1. The molecular weight excluding hydrogens is 338 g/mol. The summed E-state index contributed by atoms with van der Waals surface area (Å²) in [6.45, 7) is 6.15. The minimum atomic E-state index is -3.35. The van der Waals surface area contributed by atoms with Crippen LogP contribution in [0.15, 0.2) is 47.4 Å². The van der Waals surface area contributed by atoms with E-state index in [1.807, 2.05) is 26.8 Å². The van der Waals surface area contributed by atoms with Crippen LogP contribution in [0.4, 0.5) is 4.79 Å². The zero-order valence-corrected chi connectivity index (χ0v) is 16.0. The van der Waals surface area contributed by atoms with Crippen LogP contribution >= 0.6 is 0 Å². The lowest BCUT2D eigenvalue weighted by Gasteiger charge is -2.35. The van der Waals surface area contributed by atoms with Gasteiger partial charge in [-0.25, -0.2) is 13.2 Å². The summed E-state index contributed by atoms with van der Waals surface area (Å²) >= 11 is 0. The number of carbonyl (C=O) groups is 1. The smallest absolute Gasteiger partial charge is 0.410 e. The molecule has 1 aromatic carbocycles. The van der Waals surface area contributed by atoms with Crippen molar-refractivity contribution in [1.82, 2.24) is 4.90 Å². The largest absolute Gasteiger partial charge is 0.444 e. The predicted molar refractivity (Wildman–Crippen MR) is 98.2 cm³/mol. The third-order valence-electron chi connectivity index (χ3n) is 3.95. The summed E-state index contributed by atoms with van der Waals surface area (Å²) in [7, 11) is -3.35. The Hall–Kier alpha value is -1.82. The number of benzene rings is 1. The molecule has 2 rings (SSSR count). The van der Waals surface area contributed by atoms with E-state index in [2.05, 4.69) is 0 Å². The van der Waals surface area contributed by atoms with Gasteiger partial charge in [-0.2, -0.15) is 0 Å². The van der Waals surface area contributed by atoms with Gasteiger partial charge in [-0.05, 0) is 52.2 Å². The predicted octanol–water partition coefficient (Wildman–Crippen LogP) is 3.81. The molecule has 0 N–H and O–H groups in total. The summed E-state index contributed by atoms with van der Waals surface area (Å²) in [5.41, 5.74) is -0.542. The lowest BCUT2D eigenvalue weighted by molar-refractivity contribution is 0.0149. The average molecular weight is 365 g/mol. The number of likely N-dealkylation sites (tertiary alicyclic amines) is 1. The van der Waals surface area contributed by atoms with Crippen molar-refractivity contribution in [3.05, 3.63) is 42.5 Å². The van der Waals surface area contributed by atoms with Crippen molar-refractivity contribution >= 4 is 15.9 Å². The molecule has 1 aliphatic heterocycles. The molecule has 0 unspecified atom stereocenters. The van der Waals surface area contributed by atoms with Crippen molar-refractivity contribution in [2.45, 2.75) is 56.6 Å². The maximum atomic E-state index is 12.4. The van der Waals surface area contributed by atoms with E-state index in [9.17, 15) is 13.2 Å². The molecule has 1 saturated heterocycles. The number of hydrogen-bond donors (Lipinski definition) is 0. The van der Waals surface area contributed by atoms with E-state index < -0.39 is 15.4 Å². The molecule has 25 heavy (non-hydrogen) atoms. The number of carbonyl (C=O) groups excluding carboxylic acids is 1. The van der Waals surface area contributed by atoms with Crippen molar-refractivity contribution in [3.63, 3.8) is 0 Å². The molecule has 5 nitrogen and oxygen atoms in total. The van der Waals surface area contributed by atoms with Gasteiger partial charge < -0.3 is 9.64 Å². The Balaban J connectivity index is 2.03. The molecular formula is C19H27NO4S. The molecule has 0 saturated carbocycles. The number of ether oxygens (including phenoxy) is 1. The molecule has 6 heteroatoms. The second kappa shape index (κ2) is 8.04.